The zero-order valence-corrected chi connectivity index (χ0v) is 19.2. The molecule has 0 aliphatic rings. The third kappa shape index (κ3) is 5.62. The molecule has 2 aromatic heterocycles. The van der Waals surface area contributed by atoms with Crippen LogP contribution in [0.15, 0.2) is 36.4 Å². The molecular formula is C21H22Cl2N4O2S. The molecule has 158 valence electrons. The van der Waals surface area contributed by atoms with Gasteiger partial charge in [0.25, 0.3) is 0 Å². The zero-order valence-electron chi connectivity index (χ0n) is 16.8. The molecule has 0 spiro atoms. The number of nitrogens with zero attached hydrogens (tertiary/aromatic N) is 2. The van der Waals surface area contributed by atoms with Crippen molar-refractivity contribution >= 4 is 57.7 Å². The topological polar surface area (TPSA) is 76.0 Å². The van der Waals surface area contributed by atoms with Crippen molar-refractivity contribution in [3.63, 3.8) is 0 Å². The first-order valence-electron chi connectivity index (χ1n) is 9.40. The number of anilines is 2. The number of hydrogen-bond donors (Lipinski definition) is 2. The summed E-state index contributed by atoms with van der Waals surface area (Å²) >= 11 is 13.7. The third-order valence-corrected chi connectivity index (χ3v) is 6.13. The van der Waals surface area contributed by atoms with E-state index in [1.807, 2.05) is 32.0 Å². The Labute approximate surface area is 189 Å². The molecule has 0 radical (unpaired) electrons. The number of nitrogens with one attached hydrogen (secondary N) is 2. The molecule has 1 atom stereocenters. The minimum absolute atomic E-state index is 0.120. The highest BCUT2D eigenvalue weighted by atomic mass is 35.5. The summed E-state index contributed by atoms with van der Waals surface area (Å²) in [6.45, 7) is 5.56. The van der Waals surface area contributed by atoms with E-state index >= 15 is 0 Å². The van der Waals surface area contributed by atoms with Crippen molar-refractivity contribution in [2.45, 2.75) is 39.7 Å². The summed E-state index contributed by atoms with van der Waals surface area (Å²) in [5.74, 6) is -0.347. The highest BCUT2D eigenvalue weighted by Crippen LogP contribution is 2.27. The quantitative estimate of drug-likeness (QED) is 0.474. The molecule has 1 unspecified atom stereocenters. The van der Waals surface area contributed by atoms with Crippen LogP contribution >= 0.6 is 34.5 Å². The Morgan fingerprint density at radius 3 is 2.50 bits per heavy atom. The maximum Gasteiger partial charge on any atom is 0.248 e. The van der Waals surface area contributed by atoms with Gasteiger partial charge in [0.15, 0.2) is 0 Å². The van der Waals surface area contributed by atoms with Crippen molar-refractivity contribution in [3.8, 4) is 0 Å². The largest absolute Gasteiger partial charge is 0.326 e. The van der Waals surface area contributed by atoms with Gasteiger partial charge >= 0.3 is 0 Å². The van der Waals surface area contributed by atoms with Crippen molar-refractivity contribution in [2.24, 2.45) is 0 Å². The maximum atomic E-state index is 12.6. The van der Waals surface area contributed by atoms with Gasteiger partial charge in [-0.3, -0.25) is 14.3 Å². The molecule has 6 nitrogen and oxygen atoms in total. The number of carbonyl (C=O) groups is 2. The number of hydrogen-bond acceptors (Lipinski definition) is 4. The molecule has 2 heterocycles. The molecule has 0 saturated carbocycles. The fourth-order valence-electron chi connectivity index (χ4n) is 3.03. The lowest BCUT2D eigenvalue weighted by atomic mass is 10.2. The first kappa shape index (κ1) is 22.3. The monoisotopic (exact) mass is 464 g/mol. The van der Waals surface area contributed by atoms with Crippen LogP contribution in [0.2, 0.25) is 9.36 Å². The zero-order chi connectivity index (χ0) is 21.8. The summed E-state index contributed by atoms with van der Waals surface area (Å²) in [5.41, 5.74) is 2.80. The van der Waals surface area contributed by atoms with Crippen molar-refractivity contribution in [1.29, 1.82) is 0 Å². The molecule has 0 fully saturated rings. The Kier molecular flexibility index (Phi) is 7.18. The van der Waals surface area contributed by atoms with Crippen LogP contribution in [-0.4, -0.2) is 21.6 Å². The van der Waals surface area contributed by atoms with Crippen LogP contribution < -0.4 is 10.6 Å². The Bertz CT molecular complexity index is 1080. The standard InChI is InChI=1S/C21H22Cl2N4O2S/c1-12-10-13(2)27(26-12)14(3)21(29)25-18-7-4-15(11-17(18)22)24-20(28)9-6-16-5-8-19(23)30-16/h4-5,7-8,10-11,14H,6,9H2,1-3H3,(H,24,28)(H,25,29). The Morgan fingerprint density at radius 2 is 1.90 bits per heavy atom. The summed E-state index contributed by atoms with van der Waals surface area (Å²) in [5, 5.41) is 10.3. The van der Waals surface area contributed by atoms with Crippen LogP contribution in [0.3, 0.4) is 0 Å². The minimum atomic E-state index is -0.486. The van der Waals surface area contributed by atoms with Crippen molar-refractivity contribution < 1.29 is 9.59 Å². The summed E-state index contributed by atoms with van der Waals surface area (Å²) in [4.78, 5) is 25.8. The molecule has 2 amide bonds. The van der Waals surface area contributed by atoms with Gasteiger partial charge < -0.3 is 10.6 Å². The number of rotatable bonds is 7. The predicted molar refractivity (Wildman–Crippen MR) is 123 cm³/mol. The van der Waals surface area contributed by atoms with Crippen LogP contribution in [0.1, 0.15) is 35.7 Å². The van der Waals surface area contributed by atoms with E-state index in [-0.39, 0.29) is 11.8 Å². The number of amides is 2. The molecule has 30 heavy (non-hydrogen) atoms. The van der Waals surface area contributed by atoms with Crippen LogP contribution in [0.4, 0.5) is 11.4 Å². The van der Waals surface area contributed by atoms with Gasteiger partial charge in [0.05, 0.1) is 20.7 Å². The molecule has 0 aliphatic carbocycles. The molecule has 3 rings (SSSR count). The smallest absolute Gasteiger partial charge is 0.248 e. The highest BCUT2D eigenvalue weighted by Gasteiger charge is 2.19. The van der Waals surface area contributed by atoms with Gasteiger partial charge in [-0.15, -0.1) is 11.3 Å². The van der Waals surface area contributed by atoms with Gasteiger partial charge in [0.1, 0.15) is 6.04 Å². The lowest BCUT2D eigenvalue weighted by Crippen LogP contribution is -2.25. The summed E-state index contributed by atoms with van der Waals surface area (Å²) in [6, 6.07) is 10.2. The molecular weight excluding hydrogens is 443 g/mol. The number of carbonyl (C=O) groups excluding carboxylic acids is 2. The van der Waals surface area contributed by atoms with Crippen molar-refractivity contribution in [3.05, 3.63) is 62.0 Å². The molecule has 0 saturated heterocycles. The van der Waals surface area contributed by atoms with E-state index in [1.54, 1.807) is 29.8 Å². The summed E-state index contributed by atoms with van der Waals surface area (Å²) in [7, 11) is 0. The Hall–Kier alpha value is -2.35. The minimum Gasteiger partial charge on any atom is -0.326 e. The summed E-state index contributed by atoms with van der Waals surface area (Å²) < 4.78 is 2.38. The fraction of sp³-hybridized carbons (Fsp3) is 0.286. The van der Waals surface area contributed by atoms with E-state index in [0.29, 0.717) is 33.6 Å². The molecule has 1 aromatic carbocycles. The molecule has 2 N–H and O–H groups in total. The van der Waals surface area contributed by atoms with Gasteiger partial charge in [-0.25, -0.2) is 0 Å². The number of aromatic nitrogens is 2. The van der Waals surface area contributed by atoms with Crippen molar-refractivity contribution in [2.75, 3.05) is 10.6 Å². The first-order chi connectivity index (χ1) is 14.2. The molecule has 0 bridgehead atoms. The fourth-order valence-corrected chi connectivity index (χ4v) is 4.34. The molecule has 0 aliphatic heterocycles. The van der Waals surface area contributed by atoms with Gasteiger partial charge in [0.2, 0.25) is 11.8 Å². The summed E-state index contributed by atoms with van der Waals surface area (Å²) in [6.07, 6.45) is 0.961. The van der Waals surface area contributed by atoms with E-state index in [2.05, 4.69) is 15.7 Å². The maximum absolute atomic E-state index is 12.6. The van der Waals surface area contributed by atoms with Gasteiger partial charge in [-0.2, -0.15) is 5.10 Å². The average Bonchev–Trinajstić information content (AvgIpc) is 3.25. The second kappa shape index (κ2) is 9.64. The van der Waals surface area contributed by atoms with E-state index in [1.165, 1.54) is 11.3 Å². The Balaban J connectivity index is 1.58. The Morgan fingerprint density at radius 1 is 1.13 bits per heavy atom. The van der Waals surface area contributed by atoms with E-state index in [0.717, 1.165) is 16.3 Å². The van der Waals surface area contributed by atoms with E-state index in [4.69, 9.17) is 23.2 Å². The normalized spacial score (nSPS) is 11.9. The second-order valence-corrected chi connectivity index (χ2v) is 9.19. The van der Waals surface area contributed by atoms with E-state index in [9.17, 15) is 9.59 Å². The highest BCUT2D eigenvalue weighted by molar-refractivity contribution is 7.16. The SMILES string of the molecule is Cc1cc(C)n(C(C)C(=O)Nc2ccc(NC(=O)CCc3ccc(Cl)s3)cc2Cl)n1. The van der Waals surface area contributed by atoms with Crippen LogP contribution in [0.25, 0.3) is 0 Å². The lowest BCUT2D eigenvalue weighted by molar-refractivity contribution is -0.119. The van der Waals surface area contributed by atoms with Gasteiger partial charge in [-0.1, -0.05) is 23.2 Å². The number of halogens is 2. The first-order valence-corrected chi connectivity index (χ1v) is 11.0. The predicted octanol–water partition coefficient (Wildman–Crippen LogP) is 5.64. The van der Waals surface area contributed by atoms with Gasteiger partial charge in [0, 0.05) is 22.7 Å². The molecule has 3 aromatic rings. The van der Waals surface area contributed by atoms with Gasteiger partial charge in [-0.05, 0) is 63.6 Å². The van der Waals surface area contributed by atoms with Crippen molar-refractivity contribution in [1.82, 2.24) is 9.78 Å². The molecule has 9 heteroatoms. The third-order valence-electron chi connectivity index (χ3n) is 4.53. The lowest BCUT2D eigenvalue weighted by Gasteiger charge is -2.16. The van der Waals surface area contributed by atoms with Crippen LogP contribution in [0.5, 0.6) is 0 Å². The number of aryl methyl sites for hydroxylation is 3. The van der Waals surface area contributed by atoms with Crippen LogP contribution in [0, 0.1) is 13.8 Å². The number of benzene rings is 1. The van der Waals surface area contributed by atoms with Crippen LogP contribution in [-0.2, 0) is 16.0 Å². The average molecular weight is 465 g/mol. The number of thiophene rings is 1. The van der Waals surface area contributed by atoms with E-state index < -0.39 is 6.04 Å². The second-order valence-electron chi connectivity index (χ2n) is 6.99.